The number of likely N-dealkylation sites (tertiary alicyclic amines) is 1. The zero-order valence-corrected chi connectivity index (χ0v) is 14.9. The molecule has 1 spiro atoms. The molecule has 0 aromatic heterocycles. The standard InChI is InChI=1S/C18H26FN3S/c1-14-11-18(8-9-21(14)12-15-6-7-15)13-20(2)23-22(18)17-5-3-4-16(19)10-17/h3-5,10,14-15H,6-9,11-13H2,1-2H3/t14-,18+/m0/s1. The van der Waals surface area contributed by atoms with Crippen LogP contribution in [0.1, 0.15) is 32.6 Å². The van der Waals surface area contributed by atoms with E-state index < -0.39 is 0 Å². The summed E-state index contributed by atoms with van der Waals surface area (Å²) in [7, 11) is 2.15. The largest absolute Gasteiger partial charge is 0.300 e. The van der Waals surface area contributed by atoms with Gasteiger partial charge in [0.1, 0.15) is 5.82 Å². The summed E-state index contributed by atoms with van der Waals surface area (Å²) < 4.78 is 18.4. The molecule has 3 fully saturated rings. The van der Waals surface area contributed by atoms with Crippen molar-refractivity contribution in [3.63, 3.8) is 0 Å². The smallest absolute Gasteiger partial charge is 0.125 e. The van der Waals surface area contributed by atoms with Gasteiger partial charge in [0, 0.05) is 37.8 Å². The Morgan fingerprint density at radius 3 is 2.87 bits per heavy atom. The molecule has 3 nitrogen and oxygen atoms in total. The number of halogens is 1. The van der Waals surface area contributed by atoms with E-state index in [1.54, 1.807) is 18.2 Å². The molecular weight excluding hydrogens is 309 g/mol. The number of piperidine rings is 1. The second-order valence-electron chi connectivity index (χ2n) is 7.61. The lowest BCUT2D eigenvalue weighted by Crippen LogP contribution is -2.56. The van der Waals surface area contributed by atoms with Crippen LogP contribution in [0.3, 0.4) is 0 Å². The van der Waals surface area contributed by atoms with Crippen LogP contribution < -0.4 is 4.31 Å². The highest BCUT2D eigenvalue weighted by atomic mass is 32.2. The molecule has 0 radical (unpaired) electrons. The summed E-state index contributed by atoms with van der Waals surface area (Å²) in [4.78, 5) is 2.68. The summed E-state index contributed by atoms with van der Waals surface area (Å²) in [5.74, 6) is 0.804. The van der Waals surface area contributed by atoms with E-state index in [9.17, 15) is 4.39 Å². The van der Waals surface area contributed by atoms with E-state index >= 15 is 0 Å². The highest BCUT2D eigenvalue weighted by Crippen LogP contribution is 2.47. The van der Waals surface area contributed by atoms with Crippen molar-refractivity contribution < 1.29 is 4.39 Å². The van der Waals surface area contributed by atoms with Crippen molar-refractivity contribution in [3.8, 4) is 0 Å². The van der Waals surface area contributed by atoms with Crippen LogP contribution in [-0.2, 0) is 0 Å². The minimum Gasteiger partial charge on any atom is -0.300 e. The molecule has 126 valence electrons. The van der Waals surface area contributed by atoms with E-state index in [0.29, 0.717) is 6.04 Å². The predicted octanol–water partition coefficient (Wildman–Crippen LogP) is 3.77. The number of anilines is 1. The van der Waals surface area contributed by atoms with E-state index in [-0.39, 0.29) is 11.4 Å². The van der Waals surface area contributed by atoms with Crippen molar-refractivity contribution in [1.29, 1.82) is 0 Å². The normalized spacial score (nSPS) is 32.8. The molecule has 2 saturated heterocycles. The minimum absolute atomic E-state index is 0.132. The maximum Gasteiger partial charge on any atom is 0.125 e. The topological polar surface area (TPSA) is 9.72 Å². The molecule has 2 heterocycles. The van der Waals surface area contributed by atoms with Gasteiger partial charge in [-0.3, -0.25) is 4.31 Å². The molecule has 0 amide bonds. The van der Waals surface area contributed by atoms with Gasteiger partial charge in [-0.15, -0.1) is 0 Å². The molecule has 1 aromatic rings. The molecule has 0 N–H and O–H groups in total. The molecule has 5 heteroatoms. The molecule has 1 aliphatic carbocycles. The fraction of sp³-hybridized carbons (Fsp3) is 0.667. The summed E-state index contributed by atoms with van der Waals surface area (Å²) >= 11 is 1.74. The first-order valence-corrected chi connectivity index (χ1v) is 9.48. The Hall–Kier alpha value is -0.780. The first-order valence-electron chi connectivity index (χ1n) is 8.75. The number of nitrogens with zero attached hydrogens (tertiary/aromatic N) is 3. The zero-order chi connectivity index (χ0) is 16.0. The fourth-order valence-electron chi connectivity index (χ4n) is 4.24. The van der Waals surface area contributed by atoms with Crippen molar-refractivity contribution in [3.05, 3.63) is 30.1 Å². The van der Waals surface area contributed by atoms with Crippen LogP contribution in [0, 0.1) is 11.7 Å². The Labute approximate surface area is 143 Å². The van der Waals surface area contributed by atoms with Crippen LogP contribution >= 0.6 is 12.1 Å². The summed E-state index contributed by atoms with van der Waals surface area (Å²) in [6.45, 7) is 5.86. The van der Waals surface area contributed by atoms with Crippen LogP contribution in [0.15, 0.2) is 24.3 Å². The SMILES string of the molecule is C[C@H]1C[C@]2(CCN1CC1CC1)CN(C)SN2c1cccc(F)c1. The maximum atomic E-state index is 13.7. The van der Waals surface area contributed by atoms with Gasteiger partial charge in [0.25, 0.3) is 0 Å². The lowest BCUT2D eigenvalue weighted by molar-refractivity contribution is 0.103. The number of likely N-dealkylation sites (N-methyl/N-ethyl adjacent to an activating group) is 1. The number of benzene rings is 1. The van der Waals surface area contributed by atoms with E-state index in [1.807, 2.05) is 12.1 Å². The molecule has 2 aliphatic heterocycles. The van der Waals surface area contributed by atoms with Gasteiger partial charge in [0.2, 0.25) is 0 Å². The molecule has 0 bridgehead atoms. The van der Waals surface area contributed by atoms with Crippen LogP contribution in [0.5, 0.6) is 0 Å². The minimum atomic E-state index is -0.146. The fourth-order valence-corrected chi connectivity index (χ4v) is 5.42. The van der Waals surface area contributed by atoms with Gasteiger partial charge in [-0.1, -0.05) is 6.07 Å². The summed E-state index contributed by atoms with van der Waals surface area (Å²) in [6.07, 6.45) is 5.16. The molecule has 4 rings (SSSR count). The Morgan fingerprint density at radius 1 is 1.35 bits per heavy atom. The lowest BCUT2D eigenvalue weighted by atomic mass is 9.82. The third-order valence-electron chi connectivity index (χ3n) is 5.56. The van der Waals surface area contributed by atoms with Crippen LogP contribution in [0.2, 0.25) is 0 Å². The zero-order valence-electron chi connectivity index (χ0n) is 14.0. The molecule has 1 aromatic carbocycles. The van der Waals surface area contributed by atoms with Gasteiger partial charge in [0.15, 0.2) is 0 Å². The summed E-state index contributed by atoms with van der Waals surface area (Å²) in [5, 5.41) is 0. The highest BCUT2D eigenvalue weighted by molar-refractivity contribution is 7.98. The van der Waals surface area contributed by atoms with Crippen molar-refractivity contribution >= 4 is 17.8 Å². The maximum absolute atomic E-state index is 13.7. The number of hydrogen-bond donors (Lipinski definition) is 0. The van der Waals surface area contributed by atoms with E-state index in [4.69, 9.17) is 0 Å². The van der Waals surface area contributed by atoms with Gasteiger partial charge in [-0.25, -0.2) is 8.70 Å². The Morgan fingerprint density at radius 2 is 2.17 bits per heavy atom. The Kier molecular flexibility index (Phi) is 4.06. The summed E-state index contributed by atoms with van der Waals surface area (Å²) in [5.41, 5.74) is 1.13. The summed E-state index contributed by atoms with van der Waals surface area (Å²) in [6, 6.07) is 7.67. The average Bonchev–Trinajstić information content (AvgIpc) is 3.26. The molecule has 23 heavy (non-hydrogen) atoms. The van der Waals surface area contributed by atoms with Crippen LogP contribution in [0.25, 0.3) is 0 Å². The third kappa shape index (κ3) is 3.11. The quantitative estimate of drug-likeness (QED) is 0.778. The molecule has 3 aliphatic rings. The van der Waals surface area contributed by atoms with E-state index in [1.165, 1.54) is 25.5 Å². The molecule has 0 unspecified atom stereocenters. The second kappa shape index (κ2) is 5.94. The first-order chi connectivity index (χ1) is 11.1. The van der Waals surface area contributed by atoms with Gasteiger partial charge in [-0.05, 0) is 63.8 Å². The first kappa shape index (κ1) is 15.7. The number of hydrogen-bond acceptors (Lipinski definition) is 4. The molecular formula is C18H26FN3S. The molecule has 2 atom stereocenters. The molecule has 1 saturated carbocycles. The Bertz CT molecular complexity index is 579. The third-order valence-corrected chi connectivity index (χ3v) is 6.73. The number of rotatable bonds is 3. The highest BCUT2D eigenvalue weighted by Gasteiger charge is 2.49. The van der Waals surface area contributed by atoms with Gasteiger partial charge in [-0.2, -0.15) is 0 Å². The van der Waals surface area contributed by atoms with Crippen molar-refractivity contribution in [1.82, 2.24) is 9.21 Å². The van der Waals surface area contributed by atoms with Crippen molar-refractivity contribution in [2.45, 2.75) is 44.2 Å². The van der Waals surface area contributed by atoms with Gasteiger partial charge < -0.3 is 4.90 Å². The van der Waals surface area contributed by atoms with Crippen molar-refractivity contribution in [2.75, 3.05) is 31.0 Å². The van der Waals surface area contributed by atoms with Crippen molar-refractivity contribution in [2.24, 2.45) is 5.92 Å². The Balaban J connectivity index is 1.55. The van der Waals surface area contributed by atoms with E-state index in [2.05, 4.69) is 27.5 Å². The van der Waals surface area contributed by atoms with E-state index in [0.717, 1.165) is 37.5 Å². The van der Waals surface area contributed by atoms with Gasteiger partial charge >= 0.3 is 0 Å². The second-order valence-corrected chi connectivity index (χ2v) is 8.76. The van der Waals surface area contributed by atoms with Gasteiger partial charge in [0.05, 0.1) is 11.2 Å². The lowest BCUT2D eigenvalue weighted by Gasteiger charge is -2.47. The van der Waals surface area contributed by atoms with Crippen LogP contribution in [0.4, 0.5) is 10.1 Å². The monoisotopic (exact) mass is 335 g/mol. The van der Waals surface area contributed by atoms with Crippen LogP contribution in [-0.4, -0.2) is 47.5 Å². The average molecular weight is 335 g/mol. The predicted molar refractivity (Wildman–Crippen MR) is 94.8 cm³/mol.